The summed E-state index contributed by atoms with van der Waals surface area (Å²) >= 11 is 3.35. The van der Waals surface area contributed by atoms with Gasteiger partial charge in [-0.25, -0.2) is 0 Å². The Morgan fingerprint density at radius 2 is 2.38 bits per heavy atom. The molecule has 0 spiro atoms. The topological polar surface area (TPSA) is 49.3 Å². The number of aliphatic carboxylic acids is 1. The van der Waals surface area contributed by atoms with Crippen molar-refractivity contribution in [1.29, 1.82) is 0 Å². The third-order valence-corrected chi connectivity index (χ3v) is 2.65. The van der Waals surface area contributed by atoms with E-state index >= 15 is 0 Å². The smallest absolute Gasteiger partial charge is 0.325 e. The van der Waals surface area contributed by atoms with Crippen LogP contribution in [0.25, 0.3) is 0 Å². The second-order valence-electron chi connectivity index (χ2n) is 3.00. The molecule has 2 N–H and O–H groups in total. The molecule has 68 valence electrons. The summed E-state index contributed by atoms with van der Waals surface area (Å²) in [7, 11) is 0. The number of carboxylic acids is 1. The SMILES string of the molecule is O=C(O)[C@@H]1NCc2cc(Br)ccc21. The van der Waals surface area contributed by atoms with Crippen LogP contribution in [0.2, 0.25) is 0 Å². The monoisotopic (exact) mass is 241 g/mol. The molecule has 0 amide bonds. The maximum Gasteiger partial charge on any atom is 0.325 e. The van der Waals surface area contributed by atoms with E-state index in [-0.39, 0.29) is 0 Å². The van der Waals surface area contributed by atoms with Crippen LogP contribution < -0.4 is 5.32 Å². The summed E-state index contributed by atoms with van der Waals surface area (Å²) in [6, 6.07) is 5.12. The number of hydrogen-bond acceptors (Lipinski definition) is 2. The van der Waals surface area contributed by atoms with E-state index in [0.717, 1.165) is 15.6 Å². The molecule has 0 bridgehead atoms. The van der Waals surface area contributed by atoms with Gasteiger partial charge in [0.2, 0.25) is 0 Å². The lowest BCUT2D eigenvalue weighted by molar-refractivity contribution is -0.139. The minimum atomic E-state index is -0.818. The Balaban J connectivity index is 2.44. The summed E-state index contributed by atoms with van der Waals surface area (Å²) < 4.78 is 0.985. The quantitative estimate of drug-likeness (QED) is 0.787. The lowest BCUT2D eigenvalue weighted by Gasteiger charge is -2.04. The summed E-state index contributed by atoms with van der Waals surface area (Å²) in [5.41, 5.74) is 1.93. The molecule has 1 heterocycles. The van der Waals surface area contributed by atoms with E-state index in [4.69, 9.17) is 5.11 Å². The Morgan fingerprint density at radius 3 is 3.08 bits per heavy atom. The van der Waals surface area contributed by atoms with Crippen LogP contribution in [0.3, 0.4) is 0 Å². The Kier molecular flexibility index (Phi) is 2.09. The zero-order valence-electron chi connectivity index (χ0n) is 6.75. The molecule has 0 saturated heterocycles. The normalized spacial score (nSPS) is 19.9. The maximum atomic E-state index is 10.8. The highest BCUT2D eigenvalue weighted by Crippen LogP contribution is 2.27. The fraction of sp³-hybridized carbons (Fsp3) is 0.222. The predicted octanol–water partition coefficient (Wildman–Crippen LogP) is 1.68. The fourth-order valence-corrected chi connectivity index (χ4v) is 1.96. The van der Waals surface area contributed by atoms with E-state index in [0.29, 0.717) is 6.54 Å². The molecule has 2 rings (SSSR count). The Labute approximate surface area is 83.9 Å². The Hall–Kier alpha value is -0.870. The number of carbonyl (C=O) groups is 1. The van der Waals surface area contributed by atoms with Crippen LogP contribution in [0.15, 0.2) is 22.7 Å². The maximum absolute atomic E-state index is 10.8. The molecule has 0 unspecified atom stereocenters. The molecular formula is C9H8BrNO2. The molecule has 1 aliphatic heterocycles. The first kappa shape index (κ1) is 8.72. The molecule has 13 heavy (non-hydrogen) atoms. The summed E-state index contributed by atoms with van der Waals surface area (Å²) in [6.07, 6.45) is 0. The van der Waals surface area contributed by atoms with Crippen LogP contribution in [0.5, 0.6) is 0 Å². The summed E-state index contributed by atoms with van der Waals surface area (Å²) in [5, 5.41) is 11.8. The van der Waals surface area contributed by atoms with Crippen molar-refractivity contribution < 1.29 is 9.90 Å². The average Bonchev–Trinajstić information content (AvgIpc) is 2.46. The van der Waals surface area contributed by atoms with Crippen molar-refractivity contribution in [3.63, 3.8) is 0 Å². The molecule has 0 aromatic heterocycles. The summed E-state index contributed by atoms with van der Waals surface area (Å²) in [5.74, 6) is -0.818. The summed E-state index contributed by atoms with van der Waals surface area (Å²) in [4.78, 5) is 10.8. The number of nitrogens with one attached hydrogen (secondary N) is 1. The zero-order valence-corrected chi connectivity index (χ0v) is 8.34. The van der Waals surface area contributed by atoms with E-state index in [1.165, 1.54) is 0 Å². The molecule has 1 aromatic rings. The van der Waals surface area contributed by atoms with Crippen LogP contribution in [0, 0.1) is 0 Å². The molecule has 0 saturated carbocycles. The molecule has 4 heteroatoms. The average molecular weight is 242 g/mol. The molecule has 0 aliphatic carbocycles. The minimum Gasteiger partial charge on any atom is -0.480 e. The number of hydrogen-bond donors (Lipinski definition) is 2. The Morgan fingerprint density at radius 1 is 1.62 bits per heavy atom. The van der Waals surface area contributed by atoms with Gasteiger partial charge in [-0.05, 0) is 23.3 Å². The standard InChI is InChI=1S/C9H8BrNO2/c10-6-1-2-7-5(3-6)4-11-8(7)9(12)13/h1-3,8,11H,4H2,(H,12,13)/t8-/m1/s1. The highest BCUT2D eigenvalue weighted by molar-refractivity contribution is 9.10. The van der Waals surface area contributed by atoms with E-state index < -0.39 is 12.0 Å². The second-order valence-corrected chi connectivity index (χ2v) is 3.91. The lowest BCUT2D eigenvalue weighted by Crippen LogP contribution is -2.21. The van der Waals surface area contributed by atoms with E-state index in [9.17, 15) is 4.79 Å². The number of rotatable bonds is 1. The Bertz CT molecular complexity index is 365. The van der Waals surface area contributed by atoms with Crippen LogP contribution in [-0.2, 0) is 11.3 Å². The van der Waals surface area contributed by atoms with Crippen LogP contribution in [0.4, 0.5) is 0 Å². The number of halogens is 1. The minimum absolute atomic E-state index is 0.539. The van der Waals surface area contributed by atoms with Gasteiger partial charge in [0.05, 0.1) is 0 Å². The van der Waals surface area contributed by atoms with E-state index in [2.05, 4.69) is 21.2 Å². The van der Waals surface area contributed by atoms with Gasteiger partial charge in [-0.2, -0.15) is 0 Å². The first-order chi connectivity index (χ1) is 6.18. The van der Waals surface area contributed by atoms with Crippen molar-refractivity contribution in [3.05, 3.63) is 33.8 Å². The van der Waals surface area contributed by atoms with Gasteiger partial charge in [-0.15, -0.1) is 0 Å². The van der Waals surface area contributed by atoms with Crippen molar-refractivity contribution in [2.75, 3.05) is 0 Å². The zero-order chi connectivity index (χ0) is 9.42. The third kappa shape index (κ3) is 1.47. The fourth-order valence-electron chi connectivity index (χ4n) is 1.55. The van der Waals surface area contributed by atoms with Crippen LogP contribution >= 0.6 is 15.9 Å². The van der Waals surface area contributed by atoms with Gasteiger partial charge in [0.15, 0.2) is 0 Å². The largest absolute Gasteiger partial charge is 0.480 e. The molecule has 0 fully saturated rings. The number of benzene rings is 1. The van der Waals surface area contributed by atoms with E-state index in [1.54, 1.807) is 0 Å². The van der Waals surface area contributed by atoms with Gasteiger partial charge >= 0.3 is 5.97 Å². The molecule has 1 aromatic carbocycles. The van der Waals surface area contributed by atoms with Crippen LogP contribution in [0.1, 0.15) is 17.2 Å². The summed E-state index contributed by atoms with van der Waals surface area (Å²) in [6.45, 7) is 0.631. The van der Waals surface area contributed by atoms with E-state index in [1.807, 2.05) is 18.2 Å². The van der Waals surface area contributed by atoms with Gasteiger partial charge in [0.1, 0.15) is 6.04 Å². The molecule has 3 nitrogen and oxygen atoms in total. The highest BCUT2D eigenvalue weighted by Gasteiger charge is 2.27. The first-order valence-corrected chi connectivity index (χ1v) is 4.72. The molecule has 0 radical (unpaired) electrons. The van der Waals surface area contributed by atoms with Crippen molar-refractivity contribution in [2.24, 2.45) is 0 Å². The van der Waals surface area contributed by atoms with Crippen molar-refractivity contribution in [1.82, 2.24) is 5.32 Å². The van der Waals surface area contributed by atoms with Gasteiger partial charge in [0, 0.05) is 11.0 Å². The van der Waals surface area contributed by atoms with Crippen LogP contribution in [-0.4, -0.2) is 11.1 Å². The predicted molar refractivity (Wildman–Crippen MR) is 51.4 cm³/mol. The van der Waals surface area contributed by atoms with Gasteiger partial charge in [-0.1, -0.05) is 22.0 Å². The molecule has 1 atom stereocenters. The van der Waals surface area contributed by atoms with Gasteiger partial charge < -0.3 is 5.11 Å². The third-order valence-electron chi connectivity index (χ3n) is 2.16. The van der Waals surface area contributed by atoms with Crippen molar-refractivity contribution in [3.8, 4) is 0 Å². The number of carboxylic acid groups (broad SMARTS) is 1. The van der Waals surface area contributed by atoms with Crippen molar-refractivity contribution in [2.45, 2.75) is 12.6 Å². The van der Waals surface area contributed by atoms with Crippen molar-refractivity contribution >= 4 is 21.9 Å². The second kappa shape index (κ2) is 3.12. The molecule has 1 aliphatic rings. The lowest BCUT2D eigenvalue weighted by atomic mass is 10.1. The van der Waals surface area contributed by atoms with Gasteiger partial charge in [-0.3, -0.25) is 10.1 Å². The highest BCUT2D eigenvalue weighted by atomic mass is 79.9. The molecular weight excluding hydrogens is 234 g/mol. The van der Waals surface area contributed by atoms with Gasteiger partial charge in [0.25, 0.3) is 0 Å². The first-order valence-electron chi connectivity index (χ1n) is 3.93. The number of fused-ring (bicyclic) bond motifs is 1.